The molecule has 1 aliphatic heterocycles. The fourth-order valence-electron chi connectivity index (χ4n) is 3.49. The van der Waals surface area contributed by atoms with E-state index in [0.29, 0.717) is 12.5 Å². The van der Waals surface area contributed by atoms with Crippen LogP contribution in [0.1, 0.15) is 11.7 Å². The maximum Gasteiger partial charge on any atom is 0.244 e. The van der Waals surface area contributed by atoms with Crippen LogP contribution in [0.3, 0.4) is 0 Å². The Balaban J connectivity index is 2.54. The molecule has 0 aliphatic carbocycles. The molecule has 0 bridgehead atoms. The molecule has 0 saturated carbocycles. The highest BCUT2D eigenvalue weighted by atomic mass is 28.4. The predicted molar refractivity (Wildman–Crippen MR) is 144 cm³/mol. The van der Waals surface area contributed by atoms with Crippen molar-refractivity contribution in [3.63, 3.8) is 0 Å². The molecule has 1 aromatic rings. The van der Waals surface area contributed by atoms with E-state index in [0.717, 1.165) is 5.56 Å². The van der Waals surface area contributed by atoms with Gasteiger partial charge in [0.1, 0.15) is 24.4 Å². The molecule has 12 heteroatoms. The largest absolute Gasteiger partial charge is 0.531 e. The van der Waals surface area contributed by atoms with E-state index in [-0.39, 0.29) is 24.3 Å². The lowest BCUT2D eigenvalue weighted by atomic mass is 10.0. The van der Waals surface area contributed by atoms with E-state index >= 15 is 0 Å². The second-order valence-electron chi connectivity index (χ2n) is 12.6. The number of ether oxygens (including phenoxy) is 1. The molecule has 2 heterocycles. The zero-order chi connectivity index (χ0) is 25.4. The second kappa shape index (κ2) is 10.2. The van der Waals surface area contributed by atoms with Crippen molar-refractivity contribution in [1.29, 1.82) is 0 Å². The Morgan fingerprint density at radius 1 is 0.818 bits per heavy atom. The molecule has 4 atom stereocenters. The molecule has 2 N–H and O–H groups in total. The van der Waals surface area contributed by atoms with Gasteiger partial charge in [0.15, 0.2) is 25.0 Å². The molecule has 1 fully saturated rings. The summed E-state index contributed by atoms with van der Waals surface area (Å²) >= 11 is 0. The summed E-state index contributed by atoms with van der Waals surface area (Å²) in [6.07, 6.45) is 0.473. The smallest absolute Gasteiger partial charge is 0.244 e. The van der Waals surface area contributed by atoms with E-state index in [2.05, 4.69) is 88.5 Å². The van der Waals surface area contributed by atoms with Crippen molar-refractivity contribution < 1.29 is 22.4 Å². The molecule has 0 spiro atoms. The average molecular weight is 532 g/mol. The van der Waals surface area contributed by atoms with Crippen LogP contribution in [-0.4, -0.2) is 68.2 Å². The normalized spacial score (nSPS) is 24.8. The quantitative estimate of drug-likeness (QED) is 0.421. The molecule has 0 amide bonds. The lowest BCUT2D eigenvalue weighted by molar-refractivity contribution is -0.0159. The number of nitrogens with two attached hydrogens (primary N) is 1. The fourth-order valence-corrected chi connectivity index (χ4v) is 7.07. The number of nitrogen functional groups attached to an aromatic ring is 1. The van der Waals surface area contributed by atoms with Gasteiger partial charge in [0.2, 0.25) is 20.1 Å². The number of rotatable bonds is 10. The van der Waals surface area contributed by atoms with Crippen molar-refractivity contribution in [3.8, 4) is 5.88 Å². The van der Waals surface area contributed by atoms with Crippen LogP contribution in [0.25, 0.3) is 0 Å². The van der Waals surface area contributed by atoms with Gasteiger partial charge in [-0.05, 0) is 78.6 Å². The van der Waals surface area contributed by atoms with Gasteiger partial charge in [0.25, 0.3) is 0 Å². The summed E-state index contributed by atoms with van der Waals surface area (Å²) < 4.78 is 32.7. The molecule has 2 rings (SSSR count). The average Bonchev–Trinajstić information content (AvgIpc) is 2.85. The minimum atomic E-state index is -1.96. The van der Waals surface area contributed by atoms with E-state index in [4.69, 9.17) is 28.2 Å². The Labute approximate surface area is 204 Å². The Kier molecular flexibility index (Phi) is 8.82. The molecule has 190 valence electrons. The zero-order valence-electron chi connectivity index (χ0n) is 22.6. The van der Waals surface area contributed by atoms with Crippen LogP contribution >= 0.6 is 0 Å². The highest BCUT2D eigenvalue weighted by molar-refractivity contribution is 6.71. The molecule has 8 nitrogen and oxygen atoms in total. The first-order valence-corrected chi connectivity index (χ1v) is 25.3. The summed E-state index contributed by atoms with van der Waals surface area (Å²) in [4.78, 5) is 8.72. The topological polar surface area (TPSA) is 98.0 Å². The molecular weight excluding hydrogens is 487 g/mol. The van der Waals surface area contributed by atoms with Crippen LogP contribution in [0.2, 0.25) is 78.6 Å². The van der Waals surface area contributed by atoms with Gasteiger partial charge in [-0.15, -0.1) is 0 Å². The Morgan fingerprint density at radius 2 is 1.36 bits per heavy atom. The first-order valence-electron chi connectivity index (χ1n) is 11.7. The van der Waals surface area contributed by atoms with Crippen LogP contribution in [0.5, 0.6) is 5.88 Å². The van der Waals surface area contributed by atoms with Gasteiger partial charge in [0, 0.05) is 6.20 Å². The highest BCUT2D eigenvalue weighted by Crippen LogP contribution is 2.43. The standard InChI is InChI=1S/C21H45N3O5Si4/c1-30(2,3)25-14-16-18(27-31(4,5)6)19(28-32(7,8)9)17(26-16)15-13-23-21(22)24-20(15)29-33(10,11)12/h13,16-19H,14H2,1-12H3,(H2,22,23,24). The first-order chi connectivity index (χ1) is 14.7. The van der Waals surface area contributed by atoms with Crippen molar-refractivity contribution in [2.24, 2.45) is 0 Å². The van der Waals surface area contributed by atoms with Crippen molar-refractivity contribution in [2.45, 2.75) is 103 Å². The summed E-state index contributed by atoms with van der Waals surface area (Å²) in [6, 6.07) is 0. The molecule has 1 saturated heterocycles. The lowest BCUT2D eigenvalue weighted by Gasteiger charge is -2.35. The summed E-state index contributed by atoms with van der Waals surface area (Å²) in [5.74, 6) is 0.663. The van der Waals surface area contributed by atoms with Crippen LogP contribution in [0.4, 0.5) is 5.95 Å². The van der Waals surface area contributed by atoms with Gasteiger partial charge in [-0.3, -0.25) is 0 Å². The van der Waals surface area contributed by atoms with Crippen molar-refractivity contribution in [2.75, 3.05) is 12.3 Å². The van der Waals surface area contributed by atoms with Crippen LogP contribution in [-0.2, 0) is 18.0 Å². The van der Waals surface area contributed by atoms with Gasteiger partial charge in [-0.1, -0.05) is 0 Å². The summed E-state index contributed by atoms with van der Waals surface area (Å²) in [5, 5.41) is 0. The molecule has 1 aromatic heterocycles. The molecule has 1 aliphatic rings. The Hall–Kier alpha value is -0.612. The van der Waals surface area contributed by atoms with E-state index < -0.39 is 39.4 Å². The van der Waals surface area contributed by atoms with Crippen LogP contribution < -0.4 is 10.2 Å². The molecule has 33 heavy (non-hydrogen) atoms. The van der Waals surface area contributed by atoms with E-state index in [1.807, 2.05) is 0 Å². The Bertz CT molecular complexity index is 803. The van der Waals surface area contributed by atoms with Gasteiger partial charge >= 0.3 is 0 Å². The number of nitrogens with zero attached hydrogens (tertiary/aromatic N) is 2. The van der Waals surface area contributed by atoms with E-state index in [1.165, 1.54) is 0 Å². The van der Waals surface area contributed by atoms with Crippen molar-refractivity contribution in [3.05, 3.63) is 11.8 Å². The maximum absolute atomic E-state index is 6.74. The van der Waals surface area contributed by atoms with E-state index in [1.54, 1.807) is 6.20 Å². The van der Waals surface area contributed by atoms with Crippen molar-refractivity contribution in [1.82, 2.24) is 9.97 Å². The minimum Gasteiger partial charge on any atom is -0.531 e. The van der Waals surface area contributed by atoms with Crippen LogP contribution in [0.15, 0.2) is 6.20 Å². The monoisotopic (exact) mass is 531 g/mol. The predicted octanol–water partition coefficient (Wildman–Crippen LogP) is 5.00. The fraction of sp³-hybridized carbons (Fsp3) is 0.810. The maximum atomic E-state index is 6.74. The van der Waals surface area contributed by atoms with Crippen molar-refractivity contribution >= 4 is 39.2 Å². The molecule has 0 radical (unpaired) electrons. The highest BCUT2D eigenvalue weighted by Gasteiger charge is 2.51. The second-order valence-corrected chi connectivity index (χ2v) is 30.5. The number of hydrogen-bond donors (Lipinski definition) is 1. The molecule has 4 unspecified atom stereocenters. The van der Waals surface area contributed by atoms with Gasteiger partial charge in [-0.2, -0.15) is 4.98 Å². The zero-order valence-corrected chi connectivity index (χ0v) is 26.6. The minimum absolute atomic E-state index is 0.182. The SMILES string of the molecule is C[Si](C)(C)OCC1OC(c2cnc(N)nc2O[Si](C)(C)C)C(O[Si](C)(C)C)C1O[Si](C)(C)C. The van der Waals surface area contributed by atoms with Gasteiger partial charge < -0.3 is 28.2 Å². The number of hydrogen-bond acceptors (Lipinski definition) is 8. The third kappa shape index (κ3) is 9.51. The Morgan fingerprint density at radius 3 is 1.85 bits per heavy atom. The number of anilines is 1. The third-order valence-electron chi connectivity index (χ3n) is 4.48. The summed E-state index contributed by atoms with van der Waals surface area (Å²) in [7, 11) is -7.58. The third-order valence-corrected chi connectivity index (χ3v) is 8.28. The van der Waals surface area contributed by atoms with E-state index in [9.17, 15) is 0 Å². The molecule has 0 aromatic carbocycles. The summed E-state index contributed by atoms with van der Waals surface area (Å²) in [6.45, 7) is 26.4. The van der Waals surface area contributed by atoms with Gasteiger partial charge in [-0.25, -0.2) is 4.98 Å². The summed E-state index contributed by atoms with van der Waals surface area (Å²) in [5.41, 5.74) is 6.69. The first kappa shape index (κ1) is 28.6. The lowest BCUT2D eigenvalue weighted by Crippen LogP contribution is -2.48. The van der Waals surface area contributed by atoms with Gasteiger partial charge in [0.05, 0.1) is 12.2 Å². The van der Waals surface area contributed by atoms with Crippen LogP contribution in [0, 0.1) is 0 Å². The number of aromatic nitrogens is 2. The molecular formula is C21H45N3O5Si4.